The Morgan fingerprint density at radius 3 is 2.63 bits per heavy atom. The zero-order valence-corrected chi connectivity index (χ0v) is 17.9. The highest BCUT2D eigenvalue weighted by Gasteiger charge is 2.28. The predicted molar refractivity (Wildman–Crippen MR) is 114 cm³/mol. The monoisotopic (exact) mass is 416 g/mol. The number of piperidine rings is 1. The number of aliphatic hydroxyl groups excluding tert-OH is 1. The average Bonchev–Trinajstić information content (AvgIpc) is 3.12. The molecule has 1 atom stereocenters. The van der Waals surface area contributed by atoms with Crippen LogP contribution in [0.15, 0.2) is 39.6 Å². The fraction of sp³-hybridized carbons (Fsp3) is 0.591. The fourth-order valence-corrected chi connectivity index (χ4v) is 3.97. The number of aliphatic hydroxyl groups is 1. The maximum Gasteiger partial charge on any atom is 0.441 e. The van der Waals surface area contributed by atoms with Gasteiger partial charge in [-0.25, -0.2) is 4.79 Å². The van der Waals surface area contributed by atoms with Gasteiger partial charge in [0.15, 0.2) is 5.82 Å². The molecule has 1 aliphatic heterocycles. The second kappa shape index (κ2) is 10.5. The molecule has 1 fully saturated rings. The average molecular weight is 417 g/mol. The Balaban J connectivity index is 1.52. The van der Waals surface area contributed by atoms with Crippen molar-refractivity contribution in [3.63, 3.8) is 0 Å². The number of carbonyl (C=O) groups excluding carboxylic acids is 1. The van der Waals surface area contributed by atoms with E-state index in [9.17, 15) is 14.7 Å². The molecule has 3 rings (SSSR count). The van der Waals surface area contributed by atoms with Gasteiger partial charge in [0.25, 0.3) is 0 Å². The van der Waals surface area contributed by atoms with E-state index in [1.54, 1.807) is 0 Å². The first-order chi connectivity index (χ1) is 14.5. The summed E-state index contributed by atoms with van der Waals surface area (Å²) in [6, 6.07) is 9.30. The van der Waals surface area contributed by atoms with Crippen LogP contribution in [-0.2, 0) is 11.3 Å². The van der Waals surface area contributed by atoms with E-state index in [1.165, 1.54) is 4.57 Å². The van der Waals surface area contributed by atoms with Crippen molar-refractivity contribution >= 4 is 5.91 Å². The Morgan fingerprint density at radius 2 is 1.97 bits per heavy atom. The molecular weight excluding hydrogens is 384 g/mol. The lowest BCUT2D eigenvalue weighted by molar-refractivity contribution is -0.135. The number of nitrogens with zero attached hydrogens (tertiary/aromatic N) is 4. The van der Waals surface area contributed by atoms with Gasteiger partial charge in [-0.05, 0) is 32.4 Å². The lowest BCUT2D eigenvalue weighted by Gasteiger charge is -2.34. The first-order valence-corrected chi connectivity index (χ1v) is 10.8. The van der Waals surface area contributed by atoms with E-state index in [2.05, 4.69) is 17.0 Å². The third-order valence-corrected chi connectivity index (χ3v) is 5.74. The summed E-state index contributed by atoms with van der Waals surface area (Å²) in [5.41, 5.74) is 0.766. The molecule has 0 bridgehead atoms. The van der Waals surface area contributed by atoms with Crippen LogP contribution in [0.1, 0.15) is 32.6 Å². The molecule has 1 aromatic carbocycles. The van der Waals surface area contributed by atoms with Crippen molar-refractivity contribution in [3.8, 4) is 11.4 Å². The van der Waals surface area contributed by atoms with Crippen LogP contribution in [0.25, 0.3) is 11.4 Å². The second-order valence-corrected chi connectivity index (χ2v) is 8.09. The Kier molecular flexibility index (Phi) is 7.81. The number of hydrogen-bond acceptors (Lipinski definition) is 6. The number of hydrogen-bond donors (Lipinski definition) is 1. The minimum absolute atomic E-state index is 0.0608. The summed E-state index contributed by atoms with van der Waals surface area (Å²) in [5, 5.41) is 14.4. The molecule has 1 N–H and O–H groups in total. The van der Waals surface area contributed by atoms with Gasteiger partial charge >= 0.3 is 5.76 Å². The van der Waals surface area contributed by atoms with E-state index in [-0.39, 0.29) is 18.4 Å². The molecule has 1 aromatic heterocycles. The van der Waals surface area contributed by atoms with Gasteiger partial charge < -0.3 is 14.9 Å². The molecule has 0 saturated carbocycles. The first kappa shape index (κ1) is 22.2. The SMILES string of the molecule is CCCCN(C)C(=O)C1CCN(CC(O)Cn2c(-c3ccccc3)noc2=O)CC1. The van der Waals surface area contributed by atoms with Crippen molar-refractivity contribution in [2.75, 3.05) is 33.2 Å². The topological polar surface area (TPSA) is 91.8 Å². The van der Waals surface area contributed by atoms with Crippen LogP contribution >= 0.6 is 0 Å². The number of likely N-dealkylation sites (tertiary alicyclic amines) is 1. The summed E-state index contributed by atoms with van der Waals surface area (Å²) >= 11 is 0. The highest BCUT2D eigenvalue weighted by molar-refractivity contribution is 5.78. The standard InChI is InChI=1S/C22H32N4O4/c1-3-4-12-24(2)21(28)18-10-13-25(14-11-18)15-19(27)16-26-20(23-30-22(26)29)17-8-6-5-7-9-17/h5-9,18-19,27H,3-4,10-16H2,1-2H3. The molecule has 1 unspecified atom stereocenters. The normalized spacial score (nSPS) is 16.5. The van der Waals surface area contributed by atoms with Gasteiger partial charge in [0, 0.05) is 31.6 Å². The van der Waals surface area contributed by atoms with Crippen LogP contribution in [-0.4, -0.2) is 69.9 Å². The first-order valence-electron chi connectivity index (χ1n) is 10.8. The summed E-state index contributed by atoms with van der Waals surface area (Å²) < 4.78 is 6.20. The predicted octanol–water partition coefficient (Wildman–Crippen LogP) is 1.83. The zero-order valence-electron chi connectivity index (χ0n) is 17.9. The molecule has 164 valence electrons. The zero-order chi connectivity index (χ0) is 21.5. The molecule has 8 nitrogen and oxygen atoms in total. The Bertz CT molecular complexity index is 856. The van der Waals surface area contributed by atoms with Gasteiger partial charge in [0.05, 0.1) is 12.6 Å². The van der Waals surface area contributed by atoms with Crippen LogP contribution in [0.3, 0.4) is 0 Å². The van der Waals surface area contributed by atoms with Gasteiger partial charge in [0.2, 0.25) is 5.91 Å². The molecule has 0 spiro atoms. The number of β-amino-alcohol motifs (C(OH)–C–C–N with tert-alkyl or cyclic N) is 1. The Morgan fingerprint density at radius 1 is 1.27 bits per heavy atom. The van der Waals surface area contributed by atoms with Crippen LogP contribution < -0.4 is 5.76 Å². The quantitative estimate of drug-likeness (QED) is 0.671. The molecule has 0 radical (unpaired) electrons. The number of aromatic nitrogens is 2. The summed E-state index contributed by atoms with van der Waals surface area (Å²) in [4.78, 5) is 28.6. The maximum atomic E-state index is 12.6. The minimum atomic E-state index is -0.732. The largest absolute Gasteiger partial charge is 0.441 e. The molecule has 1 saturated heterocycles. The molecule has 2 heterocycles. The number of unbranched alkanes of at least 4 members (excludes halogenated alkanes) is 1. The van der Waals surface area contributed by atoms with E-state index < -0.39 is 11.9 Å². The summed E-state index contributed by atoms with van der Waals surface area (Å²) in [7, 11) is 1.88. The van der Waals surface area contributed by atoms with Crippen molar-refractivity contribution in [2.24, 2.45) is 5.92 Å². The molecule has 1 aliphatic rings. The minimum Gasteiger partial charge on any atom is -0.390 e. The summed E-state index contributed by atoms with van der Waals surface area (Å²) in [6.07, 6.45) is 2.97. The van der Waals surface area contributed by atoms with Crippen molar-refractivity contribution in [1.82, 2.24) is 19.5 Å². The van der Waals surface area contributed by atoms with E-state index in [4.69, 9.17) is 4.52 Å². The van der Waals surface area contributed by atoms with Crippen molar-refractivity contribution in [3.05, 3.63) is 40.9 Å². The van der Waals surface area contributed by atoms with Gasteiger partial charge in [0.1, 0.15) is 0 Å². The third kappa shape index (κ3) is 5.58. The van der Waals surface area contributed by atoms with Crippen molar-refractivity contribution in [1.29, 1.82) is 0 Å². The second-order valence-electron chi connectivity index (χ2n) is 8.09. The Hall–Kier alpha value is -2.45. The smallest absolute Gasteiger partial charge is 0.390 e. The van der Waals surface area contributed by atoms with Crippen LogP contribution in [0, 0.1) is 5.92 Å². The highest BCUT2D eigenvalue weighted by Crippen LogP contribution is 2.20. The summed E-state index contributed by atoms with van der Waals surface area (Å²) in [6.45, 7) is 5.02. The lowest BCUT2D eigenvalue weighted by atomic mass is 9.95. The summed E-state index contributed by atoms with van der Waals surface area (Å²) in [5.74, 6) is 0.129. The van der Waals surface area contributed by atoms with E-state index in [0.29, 0.717) is 12.4 Å². The Labute approximate surface area is 177 Å². The molecule has 2 aromatic rings. The van der Waals surface area contributed by atoms with E-state index in [1.807, 2.05) is 42.3 Å². The molecule has 30 heavy (non-hydrogen) atoms. The van der Waals surface area contributed by atoms with Gasteiger partial charge in [-0.2, -0.15) is 0 Å². The highest BCUT2D eigenvalue weighted by atomic mass is 16.5. The van der Waals surface area contributed by atoms with Gasteiger partial charge in [-0.1, -0.05) is 48.8 Å². The van der Waals surface area contributed by atoms with E-state index in [0.717, 1.165) is 50.9 Å². The molecular formula is C22H32N4O4. The van der Waals surface area contributed by atoms with Crippen LogP contribution in [0.4, 0.5) is 0 Å². The van der Waals surface area contributed by atoms with Gasteiger partial charge in [-0.15, -0.1) is 0 Å². The molecule has 8 heteroatoms. The van der Waals surface area contributed by atoms with Crippen molar-refractivity contribution < 1.29 is 14.4 Å². The van der Waals surface area contributed by atoms with E-state index >= 15 is 0 Å². The number of benzene rings is 1. The lowest BCUT2D eigenvalue weighted by Crippen LogP contribution is -2.44. The van der Waals surface area contributed by atoms with Crippen LogP contribution in [0.5, 0.6) is 0 Å². The third-order valence-electron chi connectivity index (χ3n) is 5.74. The fourth-order valence-electron chi connectivity index (χ4n) is 3.97. The van der Waals surface area contributed by atoms with Crippen LogP contribution in [0.2, 0.25) is 0 Å². The molecule has 1 amide bonds. The molecule has 0 aliphatic carbocycles. The van der Waals surface area contributed by atoms with Crippen molar-refractivity contribution in [2.45, 2.75) is 45.3 Å². The number of carbonyl (C=O) groups is 1. The number of rotatable bonds is 9. The van der Waals surface area contributed by atoms with Gasteiger partial charge in [-0.3, -0.25) is 13.9 Å². The number of amides is 1. The maximum absolute atomic E-state index is 12.6.